The second kappa shape index (κ2) is 12.1. The van der Waals surface area contributed by atoms with Crippen molar-refractivity contribution in [1.29, 1.82) is 0 Å². The fraction of sp³-hybridized carbons (Fsp3) is 0.519. The molecular formula is C27H38N5O7PSi. The molecule has 0 N–H and O–H groups in total. The minimum absolute atomic E-state index is 0.0645. The average molecular weight is 604 g/mol. The maximum Gasteiger partial charge on any atom is 0.330 e. The summed E-state index contributed by atoms with van der Waals surface area (Å²) in [5.41, 5.74) is 1.14. The quantitative estimate of drug-likeness (QED) is 0.147. The number of rotatable bonds is 13. The molecule has 1 aromatic carbocycles. The Kier molecular flexibility index (Phi) is 9.15. The van der Waals surface area contributed by atoms with E-state index in [0.29, 0.717) is 17.5 Å². The van der Waals surface area contributed by atoms with Gasteiger partial charge >= 0.3 is 7.60 Å². The molecule has 2 amide bonds. The van der Waals surface area contributed by atoms with Gasteiger partial charge < -0.3 is 18.3 Å². The number of imide groups is 1. The van der Waals surface area contributed by atoms with Crippen LogP contribution in [0.4, 0.5) is 5.82 Å². The Morgan fingerprint density at radius 1 is 0.976 bits per heavy atom. The van der Waals surface area contributed by atoms with Crippen molar-refractivity contribution in [3.8, 4) is 0 Å². The zero-order valence-electron chi connectivity index (χ0n) is 24.6. The van der Waals surface area contributed by atoms with Crippen LogP contribution in [-0.2, 0) is 18.0 Å². The summed E-state index contributed by atoms with van der Waals surface area (Å²) in [6.45, 7) is 14.9. The Bertz CT molecular complexity index is 1430. The summed E-state index contributed by atoms with van der Waals surface area (Å²) >= 11 is 0. The van der Waals surface area contributed by atoms with E-state index in [9.17, 15) is 14.2 Å². The summed E-state index contributed by atoms with van der Waals surface area (Å²) in [4.78, 5) is 46.1. The number of benzene rings is 1. The van der Waals surface area contributed by atoms with Crippen molar-refractivity contribution in [2.24, 2.45) is 0 Å². The lowest BCUT2D eigenvalue weighted by molar-refractivity contribution is 0.0341. The molecule has 0 saturated heterocycles. The molecule has 14 heteroatoms. The number of carbonyl (C=O) groups excluding carboxylic acids is 2. The molecule has 1 atom stereocenters. The number of imidazole rings is 1. The van der Waals surface area contributed by atoms with E-state index in [0.717, 1.165) is 4.90 Å². The van der Waals surface area contributed by atoms with E-state index in [-0.39, 0.29) is 48.0 Å². The zero-order valence-corrected chi connectivity index (χ0v) is 26.5. The lowest BCUT2D eigenvalue weighted by Gasteiger charge is -2.39. The van der Waals surface area contributed by atoms with E-state index in [1.807, 2.05) is 0 Å². The second-order valence-corrected chi connectivity index (χ2v) is 18.1. The van der Waals surface area contributed by atoms with Crippen molar-refractivity contribution in [3.05, 3.63) is 48.0 Å². The normalized spacial score (nSPS) is 15.0. The van der Waals surface area contributed by atoms with Gasteiger partial charge in [-0.25, -0.2) is 19.9 Å². The highest BCUT2D eigenvalue weighted by molar-refractivity contribution is 7.53. The van der Waals surface area contributed by atoms with Crippen molar-refractivity contribution in [1.82, 2.24) is 19.7 Å². The summed E-state index contributed by atoms with van der Waals surface area (Å²) in [7, 11) is -5.52. The van der Waals surface area contributed by atoms with Gasteiger partial charge in [0.05, 0.1) is 36.6 Å². The number of aromatic nitrogens is 4. The van der Waals surface area contributed by atoms with Gasteiger partial charge in [0.15, 0.2) is 19.7 Å². The molecule has 1 aliphatic rings. The van der Waals surface area contributed by atoms with Gasteiger partial charge in [-0.1, -0.05) is 32.9 Å². The predicted octanol–water partition coefficient (Wildman–Crippen LogP) is 5.10. The van der Waals surface area contributed by atoms with Gasteiger partial charge in [-0.2, -0.15) is 4.73 Å². The highest BCUT2D eigenvalue weighted by Crippen LogP contribution is 2.49. The van der Waals surface area contributed by atoms with Crippen molar-refractivity contribution < 1.29 is 32.5 Å². The third-order valence-corrected chi connectivity index (χ3v) is 14.0. The molecule has 3 aromatic rings. The van der Waals surface area contributed by atoms with E-state index >= 15 is 0 Å². The van der Waals surface area contributed by atoms with E-state index in [1.54, 1.807) is 38.1 Å². The number of hydrogen-bond donors (Lipinski definition) is 0. The predicted molar refractivity (Wildman–Crippen MR) is 157 cm³/mol. The molecule has 0 saturated carbocycles. The van der Waals surface area contributed by atoms with Crippen molar-refractivity contribution in [2.45, 2.75) is 65.3 Å². The first-order valence-electron chi connectivity index (χ1n) is 13.7. The lowest BCUT2D eigenvalue weighted by Crippen LogP contribution is -2.46. The highest BCUT2D eigenvalue weighted by atomic mass is 31.2. The number of hydrogen-bond acceptors (Lipinski definition) is 10. The smallest absolute Gasteiger partial charge is 0.330 e. The average Bonchev–Trinajstić information content (AvgIpc) is 3.44. The van der Waals surface area contributed by atoms with E-state index in [4.69, 9.17) is 18.3 Å². The molecule has 222 valence electrons. The Hall–Kier alpha value is -2.96. The molecule has 0 aliphatic carbocycles. The van der Waals surface area contributed by atoms with E-state index < -0.39 is 33.8 Å². The summed E-state index contributed by atoms with van der Waals surface area (Å²) in [5, 5.41) is -0.0645. The van der Waals surface area contributed by atoms with Gasteiger partial charge in [-0.05, 0) is 50.5 Å². The first-order chi connectivity index (χ1) is 19.3. The molecule has 4 rings (SSSR count). The molecular weight excluding hydrogens is 565 g/mol. The fourth-order valence-corrected chi connectivity index (χ4v) is 7.33. The molecule has 0 radical (unpaired) electrons. The largest absolute Gasteiger partial charge is 0.410 e. The van der Waals surface area contributed by atoms with Crippen molar-refractivity contribution >= 4 is 44.7 Å². The van der Waals surface area contributed by atoms with Gasteiger partial charge in [-0.3, -0.25) is 14.2 Å². The van der Waals surface area contributed by atoms with Crippen LogP contribution in [0.2, 0.25) is 18.1 Å². The van der Waals surface area contributed by atoms with Crippen LogP contribution in [0.15, 0.2) is 36.9 Å². The molecule has 3 heterocycles. The Labute approximate surface area is 241 Å². The first-order valence-corrected chi connectivity index (χ1v) is 18.3. The number of fused-ring (bicyclic) bond motifs is 2. The lowest BCUT2D eigenvalue weighted by atomic mass is 10.1. The van der Waals surface area contributed by atoms with Gasteiger partial charge in [0, 0.05) is 0 Å². The van der Waals surface area contributed by atoms with Crippen LogP contribution in [-0.4, -0.2) is 71.9 Å². The maximum absolute atomic E-state index is 13.2. The van der Waals surface area contributed by atoms with Gasteiger partial charge in [0.25, 0.3) is 11.8 Å². The maximum atomic E-state index is 13.2. The first kappa shape index (κ1) is 31.0. The van der Waals surface area contributed by atoms with Crippen LogP contribution in [0.3, 0.4) is 0 Å². The topological polar surface area (TPSA) is 135 Å². The minimum Gasteiger partial charge on any atom is -0.410 e. The highest BCUT2D eigenvalue weighted by Gasteiger charge is 2.41. The van der Waals surface area contributed by atoms with Crippen LogP contribution in [0.1, 0.15) is 61.8 Å². The van der Waals surface area contributed by atoms with Gasteiger partial charge in [-0.15, -0.1) is 0 Å². The third kappa shape index (κ3) is 6.44. The number of anilines is 1. The number of carbonyl (C=O) groups is 2. The summed E-state index contributed by atoms with van der Waals surface area (Å²) in [5.74, 6) is -0.874. The molecule has 0 fully saturated rings. The molecule has 0 bridgehead atoms. The van der Waals surface area contributed by atoms with Crippen molar-refractivity contribution in [3.63, 3.8) is 0 Å². The summed E-state index contributed by atoms with van der Waals surface area (Å²) in [6.07, 6.45) is 2.79. The number of nitrogens with zero attached hydrogens (tertiary/aromatic N) is 5. The minimum atomic E-state index is -3.29. The van der Waals surface area contributed by atoms with Crippen LogP contribution in [0, 0.1) is 0 Å². The number of amides is 2. The molecule has 1 aliphatic heterocycles. The van der Waals surface area contributed by atoms with Crippen LogP contribution in [0.25, 0.3) is 11.2 Å². The van der Waals surface area contributed by atoms with Gasteiger partial charge in [0.2, 0.25) is 5.65 Å². The summed E-state index contributed by atoms with van der Waals surface area (Å²) in [6, 6.07) is 6.62. The Morgan fingerprint density at radius 2 is 1.59 bits per heavy atom. The molecule has 2 aromatic heterocycles. The van der Waals surface area contributed by atoms with Crippen LogP contribution >= 0.6 is 7.60 Å². The summed E-state index contributed by atoms with van der Waals surface area (Å²) < 4.78 is 32.2. The molecule has 0 spiro atoms. The van der Waals surface area contributed by atoms with E-state index in [1.165, 1.54) is 17.4 Å². The van der Waals surface area contributed by atoms with Crippen LogP contribution in [0.5, 0.6) is 0 Å². The fourth-order valence-electron chi connectivity index (χ4n) is 4.24. The third-order valence-electron chi connectivity index (χ3n) is 7.33. The Morgan fingerprint density at radius 3 is 2.15 bits per heavy atom. The van der Waals surface area contributed by atoms with Crippen molar-refractivity contribution in [2.75, 3.05) is 30.9 Å². The molecule has 41 heavy (non-hydrogen) atoms. The standard InChI is InChI=1S/C27H38N5O7PSi/c1-8-37-40(35,38-9-2)15-14-19(39-41(6,7)27(3,4)5)16-36-31-18-30-22-23(31)28-17-29-24(22)32-25(33)20-12-10-11-13-21(20)26(32)34/h10-13,17-19H,8-9,14-16H2,1-7H3. The second-order valence-electron chi connectivity index (χ2n) is 11.2. The zero-order chi connectivity index (χ0) is 30.0. The SMILES string of the molecule is CCOP(=O)(CCC(COn1cnc2c(N3C(=O)c4ccccc4C3=O)ncnc21)O[Si](C)(C)C(C)(C)C)OCC. The van der Waals surface area contributed by atoms with Gasteiger partial charge in [0.1, 0.15) is 19.3 Å². The van der Waals surface area contributed by atoms with Crippen LogP contribution < -0.4 is 9.74 Å². The molecule has 1 unspecified atom stereocenters. The molecule has 12 nitrogen and oxygen atoms in total. The van der Waals surface area contributed by atoms with E-state index in [2.05, 4.69) is 48.8 Å². The Balaban J connectivity index is 1.57. The monoisotopic (exact) mass is 603 g/mol.